The average molecular weight is 260 g/mol. The van der Waals surface area contributed by atoms with Gasteiger partial charge in [-0.05, 0) is 6.42 Å². The van der Waals surface area contributed by atoms with E-state index in [1.54, 1.807) is 11.9 Å². The van der Waals surface area contributed by atoms with Crippen LogP contribution in [0.2, 0.25) is 0 Å². The van der Waals surface area contributed by atoms with Crippen LogP contribution in [-0.2, 0) is 14.3 Å². The summed E-state index contributed by atoms with van der Waals surface area (Å²) in [6, 6.07) is 0. The van der Waals surface area contributed by atoms with Crippen LogP contribution in [0.1, 0.15) is 19.8 Å². The fourth-order valence-electron chi connectivity index (χ4n) is 1.54. The third-order valence-corrected chi connectivity index (χ3v) is 3.56. The van der Waals surface area contributed by atoms with E-state index < -0.39 is 16.5 Å². The molecule has 0 spiro atoms. The molecule has 0 radical (unpaired) electrons. The van der Waals surface area contributed by atoms with Crippen LogP contribution in [0.5, 0.6) is 0 Å². The van der Waals surface area contributed by atoms with Crippen LogP contribution in [-0.4, -0.2) is 43.9 Å². The molecule has 5 nitrogen and oxygen atoms in total. The predicted octanol–water partition coefficient (Wildman–Crippen LogP) is 1.32. The highest BCUT2D eigenvalue weighted by Crippen LogP contribution is 2.18. The first-order valence-electron chi connectivity index (χ1n) is 5.68. The fraction of sp³-hybridized carbons (Fsp3) is 0.636. The van der Waals surface area contributed by atoms with E-state index in [0.717, 1.165) is 19.4 Å². The lowest BCUT2D eigenvalue weighted by Gasteiger charge is -2.29. The van der Waals surface area contributed by atoms with Gasteiger partial charge in [0.15, 0.2) is 0 Å². The lowest BCUT2D eigenvalue weighted by molar-refractivity contribution is -0.00851. The number of hydrogen-bond acceptors (Lipinski definition) is 5. The van der Waals surface area contributed by atoms with Gasteiger partial charge in [0.25, 0.3) is 10.1 Å². The molecule has 1 aliphatic rings. The van der Waals surface area contributed by atoms with Gasteiger partial charge in [0.2, 0.25) is 6.35 Å². The van der Waals surface area contributed by atoms with Gasteiger partial charge in [-0.15, -0.1) is 6.58 Å². The molecule has 0 saturated heterocycles. The Balaban J connectivity index is 2.64. The van der Waals surface area contributed by atoms with Crippen molar-refractivity contribution in [2.24, 2.45) is 0 Å². The van der Waals surface area contributed by atoms with Gasteiger partial charge in [-0.25, -0.2) is 4.18 Å². The zero-order valence-electron chi connectivity index (χ0n) is 10.4. The molecule has 0 N–H and O–H groups in total. The van der Waals surface area contributed by atoms with E-state index in [-0.39, 0.29) is 5.75 Å². The Morgan fingerprint density at radius 2 is 2.18 bits per heavy atom. The maximum Gasteiger partial charge on any atom is 0.274 e. The van der Waals surface area contributed by atoms with Crippen molar-refractivity contribution in [1.29, 1.82) is 0 Å². The Bertz CT molecular complexity index is 378. The van der Waals surface area contributed by atoms with Gasteiger partial charge in [-0.2, -0.15) is 8.42 Å². The molecule has 0 aromatic carbocycles. The van der Waals surface area contributed by atoms with Gasteiger partial charge in [-0.1, -0.05) is 19.4 Å². The van der Waals surface area contributed by atoms with Crippen LogP contribution in [0.4, 0.5) is 0 Å². The number of rotatable bonds is 7. The van der Waals surface area contributed by atoms with E-state index in [0.29, 0.717) is 0 Å². The second-order valence-corrected chi connectivity index (χ2v) is 5.63. The SMILES string of the molecule is C=CCS(=O)(=O)OC1N(C)C=CN1CCCC. The van der Waals surface area contributed by atoms with Crippen molar-refractivity contribution in [1.82, 2.24) is 9.80 Å². The molecule has 1 unspecified atom stereocenters. The summed E-state index contributed by atoms with van der Waals surface area (Å²) in [7, 11) is -1.76. The molecule has 1 heterocycles. The Labute approximate surface area is 103 Å². The molecular weight excluding hydrogens is 240 g/mol. The molecule has 0 bridgehead atoms. The van der Waals surface area contributed by atoms with Gasteiger partial charge >= 0.3 is 0 Å². The summed E-state index contributed by atoms with van der Waals surface area (Å²) < 4.78 is 28.3. The summed E-state index contributed by atoms with van der Waals surface area (Å²) in [4.78, 5) is 3.61. The highest BCUT2D eigenvalue weighted by Gasteiger charge is 2.28. The van der Waals surface area contributed by atoms with Gasteiger partial charge in [-0.3, -0.25) is 0 Å². The molecule has 98 valence electrons. The fourth-order valence-corrected chi connectivity index (χ4v) is 2.41. The standard InChI is InChI=1S/C11H20N2O3S/c1-4-6-7-13-9-8-12(3)11(13)16-17(14,15)10-5-2/h5,8-9,11H,2,4,6-7,10H2,1,3H3. The molecule has 1 atom stereocenters. The van der Waals surface area contributed by atoms with Crippen LogP contribution in [0.25, 0.3) is 0 Å². The van der Waals surface area contributed by atoms with Crippen molar-refractivity contribution >= 4 is 10.1 Å². The Morgan fingerprint density at radius 3 is 2.76 bits per heavy atom. The van der Waals surface area contributed by atoms with Gasteiger partial charge in [0.05, 0.1) is 5.75 Å². The topological polar surface area (TPSA) is 49.9 Å². The maximum absolute atomic E-state index is 11.6. The van der Waals surface area contributed by atoms with Crippen LogP contribution in [0.3, 0.4) is 0 Å². The molecule has 0 aromatic rings. The minimum atomic E-state index is -3.55. The molecule has 17 heavy (non-hydrogen) atoms. The smallest absolute Gasteiger partial charge is 0.274 e. The van der Waals surface area contributed by atoms with E-state index in [9.17, 15) is 8.42 Å². The lowest BCUT2D eigenvalue weighted by atomic mass is 10.3. The third kappa shape index (κ3) is 4.05. The molecule has 0 saturated carbocycles. The van der Waals surface area contributed by atoms with Crippen molar-refractivity contribution in [3.63, 3.8) is 0 Å². The van der Waals surface area contributed by atoms with E-state index in [4.69, 9.17) is 4.18 Å². The summed E-state index contributed by atoms with van der Waals surface area (Å²) in [6.07, 6.45) is 6.48. The van der Waals surface area contributed by atoms with Crippen LogP contribution in [0, 0.1) is 0 Å². The average Bonchev–Trinajstić information content (AvgIpc) is 2.57. The number of hydrogen-bond donors (Lipinski definition) is 0. The number of nitrogens with zero attached hydrogens (tertiary/aromatic N) is 2. The first-order chi connectivity index (χ1) is 8.00. The minimum absolute atomic E-state index is 0.168. The highest BCUT2D eigenvalue weighted by molar-refractivity contribution is 7.86. The van der Waals surface area contributed by atoms with Crippen LogP contribution < -0.4 is 0 Å². The first-order valence-corrected chi connectivity index (χ1v) is 7.25. The van der Waals surface area contributed by atoms with Crippen molar-refractivity contribution in [2.45, 2.75) is 26.1 Å². The molecule has 6 heteroatoms. The van der Waals surface area contributed by atoms with Gasteiger partial charge < -0.3 is 9.80 Å². The quantitative estimate of drug-likeness (QED) is 0.510. The highest BCUT2D eigenvalue weighted by atomic mass is 32.2. The molecular formula is C11H20N2O3S. The van der Waals surface area contributed by atoms with Crippen molar-refractivity contribution < 1.29 is 12.6 Å². The summed E-state index contributed by atoms with van der Waals surface area (Å²) >= 11 is 0. The zero-order chi connectivity index (χ0) is 12.9. The van der Waals surface area contributed by atoms with E-state index in [1.165, 1.54) is 6.08 Å². The molecule has 0 amide bonds. The maximum atomic E-state index is 11.6. The molecule has 0 fully saturated rings. The summed E-state index contributed by atoms with van der Waals surface area (Å²) in [5.41, 5.74) is 0. The largest absolute Gasteiger partial charge is 0.336 e. The molecule has 0 aliphatic carbocycles. The molecule has 1 rings (SSSR count). The lowest BCUT2D eigenvalue weighted by Crippen LogP contribution is -2.41. The summed E-state index contributed by atoms with van der Waals surface area (Å²) in [6.45, 7) is 6.28. The minimum Gasteiger partial charge on any atom is -0.336 e. The van der Waals surface area contributed by atoms with Gasteiger partial charge in [0, 0.05) is 26.0 Å². The molecule has 0 aromatic heterocycles. The monoisotopic (exact) mass is 260 g/mol. The van der Waals surface area contributed by atoms with E-state index in [1.807, 2.05) is 17.3 Å². The Morgan fingerprint density at radius 1 is 1.47 bits per heavy atom. The zero-order valence-corrected chi connectivity index (χ0v) is 11.2. The third-order valence-electron chi connectivity index (χ3n) is 2.45. The van der Waals surface area contributed by atoms with Gasteiger partial charge in [0.1, 0.15) is 0 Å². The van der Waals surface area contributed by atoms with Crippen LogP contribution in [0.15, 0.2) is 25.1 Å². The Kier molecular flexibility index (Phi) is 5.02. The van der Waals surface area contributed by atoms with Crippen LogP contribution >= 0.6 is 0 Å². The summed E-state index contributed by atoms with van der Waals surface area (Å²) in [5, 5.41) is 0. The normalized spacial score (nSPS) is 20.0. The second kappa shape index (κ2) is 6.07. The van der Waals surface area contributed by atoms with Crippen molar-refractivity contribution in [3.05, 3.63) is 25.1 Å². The predicted molar refractivity (Wildman–Crippen MR) is 67.4 cm³/mol. The Hall–Kier alpha value is -1.01. The van der Waals surface area contributed by atoms with Crippen molar-refractivity contribution in [3.8, 4) is 0 Å². The van der Waals surface area contributed by atoms with E-state index in [2.05, 4.69) is 13.5 Å². The number of unbranched alkanes of at least 4 members (excludes halogenated alkanes) is 1. The summed E-state index contributed by atoms with van der Waals surface area (Å²) in [5.74, 6) is -0.168. The second-order valence-electron chi connectivity index (χ2n) is 3.99. The molecule has 1 aliphatic heterocycles. The first kappa shape index (κ1) is 14.1. The van der Waals surface area contributed by atoms with Crippen molar-refractivity contribution in [2.75, 3.05) is 19.3 Å². The van der Waals surface area contributed by atoms with E-state index >= 15 is 0 Å².